The molecule has 1 aromatic heterocycles. The van der Waals surface area contributed by atoms with E-state index >= 15 is 0 Å². The zero-order chi connectivity index (χ0) is 16.5. The maximum absolute atomic E-state index is 12.2. The molecule has 0 aliphatic heterocycles. The number of hydrogen-bond acceptors (Lipinski definition) is 2. The largest absolute Gasteiger partial charge is 0.478 e. The van der Waals surface area contributed by atoms with Crippen LogP contribution in [0.3, 0.4) is 0 Å². The van der Waals surface area contributed by atoms with Crippen LogP contribution in [-0.4, -0.2) is 16.1 Å². The van der Waals surface area contributed by atoms with Gasteiger partial charge in [-0.2, -0.15) is 0 Å². The number of carboxylic acids is 1. The predicted molar refractivity (Wildman–Crippen MR) is 94.5 cm³/mol. The van der Waals surface area contributed by atoms with Crippen molar-refractivity contribution in [3.63, 3.8) is 0 Å². The van der Waals surface area contributed by atoms with Gasteiger partial charge in [-0.05, 0) is 49.7 Å². The lowest BCUT2D eigenvalue weighted by atomic mass is 9.83. The molecule has 0 saturated heterocycles. The van der Waals surface area contributed by atoms with Crippen molar-refractivity contribution in [2.45, 2.75) is 57.3 Å². The van der Waals surface area contributed by atoms with E-state index in [0.717, 1.165) is 61.0 Å². The van der Waals surface area contributed by atoms with Gasteiger partial charge in [-0.15, -0.1) is 0 Å². The molecule has 0 atom stereocenters. The van der Waals surface area contributed by atoms with Crippen LogP contribution in [0.25, 0.3) is 11.1 Å². The van der Waals surface area contributed by atoms with Crippen LogP contribution in [0.4, 0.5) is 0 Å². The molecule has 0 spiro atoms. The van der Waals surface area contributed by atoms with E-state index in [9.17, 15) is 9.90 Å². The van der Waals surface area contributed by atoms with Gasteiger partial charge in [-0.3, -0.25) is 4.98 Å². The van der Waals surface area contributed by atoms with E-state index in [1.165, 1.54) is 18.4 Å². The second kappa shape index (κ2) is 6.39. The molecule has 1 aromatic carbocycles. The molecule has 3 heteroatoms. The minimum absolute atomic E-state index is 0.311. The molecule has 1 fully saturated rings. The highest BCUT2D eigenvalue weighted by molar-refractivity contribution is 5.98. The van der Waals surface area contributed by atoms with Gasteiger partial charge in [0.1, 0.15) is 0 Å². The van der Waals surface area contributed by atoms with Crippen molar-refractivity contribution in [1.29, 1.82) is 0 Å². The van der Waals surface area contributed by atoms with E-state index in [0.29, 0.717) is 11.5 Å². The Hall–Kier alpha value is -2.16. The van der Waals surface area contributed by atoms with E-state index in [1.54, 1.807) is 0 Å². The van der Waals surface area contributed by atoms with Gasteiger partial charge >= 0.3 is 5.97 Å². The summed E-state index contributed by atoms with van der Waals surface area (Å²) in [6.07, 6.45) is 8.71. The number of aryl methyl sites for hydroxylation is 1. The van der Waals surface area contributed by atoms with Crippen molar-refractivity contribution in [2.75, 3.05) is 0 Å². The molecule has 2 aliphatic rings. The Bertz CT molecular complexity index is 761. The van der Waals surface area contributed by atoms with Crippen molar-refractivity contribution in [1.82, 2.24) is 4.98 Å². The van der Waals surface area contributed by atoms with Crippen LogP contribution < -0.4 is 0 Å². The van der Waals surface area contributed by atoms with Crippen molar-refractivity contribution in [3.05, 3.63) is 52.8 Å². The zero-order valence-electron chi connectivity index (χ0n) is 13.9. The number of aromatic carboxylic acids is 1. The van der Waals surface area contributed by atoms with Crippen molar-refractivity contribution in [3.8, 4) is 11.1 Å². The maximum Gasteiger partial charge on any atom is 0.338 e. The lowest BCUT2D eigenvalue weighted by Gasteiger charge is -2.25. The number of carbonyl (C=O) groups is 1. The third kappa shape index (κ3) is 2.62. The minimum atomic E-state index is -0.823. The molecule has 4 rings (SSSR count). The minimum Gasteiger partial charge on any atom is -0.478 e. The predicted octanol–water partition coefficient (Wildman–Crippen LogP) is 4.98. The Morgan fingerprint density at radius 1 is 1.00 bits per heavy atom. The van der Waals surface area contributed by atoms with Crippen LogP contribution in [0, 0.1) is 0 Å². The molecular weight excluding hydrogens is 298 g/mol. The first-order chi connectivity index (χ1) is 11.8. The lowest BCUT2D eigenvalue weighted by molar-refractivity contribution is 0.0695. The third-order valence-electron chi connectivity index (χ3n) is 5.52. The Kier molecular flexibility index (Phi) is 4.09. The molecule has 0 unspecified atom stereocenters. The third-order valence-corrected chi connectivity index (χ3v) is 5.52. The normalized spacial score (nSPS) is 17.7. The van der Waals surface area contributed by atoms with Crippen molar-refractivity contribution in [2.24, 2.45) is 0 Å². The fraction of sp³-hybridized carbons (Fsp3) is 0.429. The summed E-state index contributed by atoms with van der Waals surface area (Å²) in [4.78, 5) is 17.1. The summed E-state index contributed by atoms with van der Waals surface area (Å²) in [6.45, 7) is 0. The highest BCUT2D eigenvalue weighted by atomic mass is 16.4. The van der Waals surface area contributed by atoms with Gasteiger partial charge < -0.3 is 5.11 Å². The van der Waals surface area contributed by atoms with Gasteiger partial charge in [-0.25, -0.2) is 4.79 Å². The number of benzene rings is 1. The van der Waals surface area contributed by atoms with Gasteiger partial charge in [0.05, 0.1) is 11.3 Å². The summed E-state index contributed by atoms with van der Waals surface area (Å²) >= 11 is 0. The number of rotatable bonds is 3. The molecule has 1 N–H and O–H groups in total. The topological polar surface area (TPSA) is 50.2 Å². The Labute approximate surface area is 142 Å². The molecule has 0 radical (unpaired) electrons. The number of hydrogen-bond donors (Lipinski definition) is 1. The standard InChI is InChI=1S/C21H23NO2/c23-21(24)19-18(14-8-2-1-3-9-14)16-12-6-7-13-17(16)22-20(19)15-10-4-5-11-15/h1-3,8-9,15H,4-7,10-13H2,(H,23,24). The fourth-order valence-corrected chi connectivity index (χ4v) is 4.40. The Balaban J connectivity index is 2.00. The number of aromatic nitrogens is 1. The van der Waals surface area contributed by atoms with Gasteiger partial charge in [-0.1, -0.05) is 43.2 Å². The Morgan fingerprint density at radius 2 is 1.71 bits per heavy atom. The average Bonchev–Trinajstić information content (AvgIpc) is 3.15. The molecule has 3 nitrogen and oxygen atoms in total. The van der Waals surface area contributed by atoms with Gasteiger partial charge in [0.15, 0.2) is 0 Å². The second-order valence-electron chi connectivity index (χ2n) is 7.03. The molecule has 24 heavy (non-hydrogen) atoms. The van der Waals surface area contributed by atoms with E-state index < -0.39 is 5.97 Å². The second-order valence-corrected chi connectivity index (χ2v) is 7.03. The maximum atomic E-state index is 12.2. The zero-order valence-corrected chi connectivity index (χ0v) is 13.9. The first-order valence-corrected chi connectivity index (χ1v) is 9.10. The van der Waals surface area contributed by atoms with Crippen molar-refractivity contribution >= 4 is 5.97 Å². The fourth-order valence-electron chi connectivity index (χ4n) is 4.40. The molecular formula is C21H23NO2. The van der Waals surface area contributed by atoms with Crippen LogP contribution in [-0.2, 0) is 12.8 Å². The average molecular weight is 321 g/mol. The molecule has 124 valence electrons. The first kappa shape index (κ1) is 15.4. The molecule has 0 bridgehead atoms. The number of pyridine rings is 1. The molecule has 2 aliphatic carbocycles. The van der Waals surface area contributed by atoms with Crippen LogP contribution >= 0.6 is 0 Å². The van der Waals surface area contributed by atoms with E-state index in [4.69, 9.17) is 4.98 Å². The number of fused-ring (bicyclic) bond motifs is 1. The number of carboxylic acid groups (broad SMARTS) is 1. The van der Waals surface area contributed by atoms with E-state index in [2.05, 4.69) is 0 Å². The Morgan fingerprint density at radius 3 is 2.42 bits per heavy atom. The first-order valence-electron chi connectivity index (χ1n) is 9.10. The molecule has 1 saturated carbocycles. The van der Waals surface area contributed by atoms with Crippen LogP contribution in [0.15, 0.2) is 30.3 Å². The summed E-state index contributed by atoms with van der Waals surface area (Å²) in [5.41, 5.74) is 5.59. The van der Waals surface area contributed by atoms with E-state index in [-0.39, 0.29) is 0 Å². The number of nitrogens with zero attached hydrogens (tertiary/aromatic N) is 1. The highest BCUT2D eigenvalue weighted by Crippen LogP contribution is 2.41. The molecule has 1 heterocycles. The SMILES string of the molecule is O=C(O)c1c(C2CCCC2)nc2c(c1-c1ccccc1)CCCC2. The summed E-state index contributed by atoms with van der Waals surface area (Å²) in [5.74, 6) is -0.512. The van der Waals surface area contributed by atoms with Crippen LogP contribution in [0.5, 0.6) is 0 Å². The lowest BCUT2D eigenvalue weighted by Crippen LogP contribution is -2.17. The van der Waals surface area contributed by atoms with Gasteiger partial charge in [0.25, 0.3) is 0 Å². The quantitative estimate of drug-likeness (QED) is 0.867. The summed E-state index contributed by atoms with van der Waals surface area (Å²) in [6, 6.07) is 10.0. The van der Waals surface area contributed by atoms with Crippen LogP contribution in [0.2, 0.25) is 0 Å². The summed E-state index contributed by atoms with van der Waals surface area (Å²) in [5, 5.41) is 10.0. The van der Waals surface area contributed by atoms with E-state index in [1.807, 2.05) is 30.3 Å². The van der Waals surface area contributed by atoms with Crippen molar-refractivity contribution < 1.29 is 9.90 Å². The summed E-state index contributed by atoms with van der Waals surface area (Å²) < 4.78 is 0. The summed E-state index contributed by atoms with van der Waals surface area (Å²) in [7, 11) is 0. The van der Waals surface area contributed by atoms with Gasteiger partial charge in [0, 0.05) is 17.2 Å². The van der Waals surface area contributed by atoms with Gasteiger partial charge in [0.2, 0.25) is 0 Å². The molecule has 2 aromatic rings. The smallest absolute Gasteiger partial charge is 0.338 e. The molecule has 0 amide bonds. The highest BCUT2D eigenvalue weighted by Gasteiger charge is 2.31. The monoisotopic (exact) mass is 321 g/mol. The van der Waals surface area contributed by atoms with Crippen LogP contribution in [0.1, 0.15) is 71.8 Å².